The summed E-state index contributed by atoms with van der Waals surface area (Å²) in [5.74, 6) is 2.19. The van der Waals surface area contributed by atoms with Crippen LogP contribution in [0.3, 0.4) is 0 Å². The smallest absolute Gasteiger partial charge is 0.309 e. The average Bonchev–Trinajstić information content (AvgIpc) is 2.85. The molecular weight excluding hydrogens is 272 g/mol. The molecule has 0 aliphatic heterocycles. The quantitative estimate of drug-likeness (QED) is 0.654. The molecule has 4 nitrogen and oxygen atoms in total. The SMILES string of the molecule is CC1CCC(C(C)C)C(NCc2ccc([N+](=O)[O-])s2)C1. The van der Waals surface area contributed by atoms with Crippen molar-refractivity contribution in [3.63, 3.8) is 0 Å². The highest BCUT2D eigenvalue weighted by atomic mass is 32.1. The lowest BCUT2D eigenvalue weighted by Crippen LogP contribution is -2.42. The molecule has 0 aromatic carbocycles. The molecule has 3 atom stereocenters. The first-order chi connectivity index (χ1) is 9.47. The van der Waals surface area contributed by atoms with Crippen molar-refractivity contribution >= 4 is 16.3 Å². The summed E-state index contributed by atoms with van der Waals surface area (Å²) in [5.41, 5.74) is 0. The predicted molar refractivity (Wildman–Crippen MR) is 82.9 cm³/mol. The second-order valence-corrected chi connectivity index (χ2v) is 7.46. The molecule has 112 valence electrons. The third kappa shape index (κ3) is 3.79. The van der Waals surface area contributed by atoms with Crippen LogP contribution in [0, 0.1) is 27.9 Å². The summed E-state index contributed by atoms with van der Waals surface area (Å²) >= 11 is 1.28. The Balaban J connectivity index is 1.94. The van der Waals surface area contributed by atoms with Crippen molar-refractivity contribution in [2.75, 3.05) is 0 Å². The largest absolute Gasteiger partial charge is 0.324 e. The molecule has 5 heteroatoms. The number of thiophene rings is 1. The molecule has 2 rings (SSSR count). The normalized spacial score (nSPS) is 26.9. The van der Waals surface area contributed by atoms with Crippen molar-refractivity contribution < 1.29 is 4.92 Å². The maximum absolute atomic E-state index is 10.7. The van der Waals surface area contributed by atoms with Gasteiger partial charge < -0.3 is 5.32 Å². The molecule has 0 radical (unpaired) electrons. The Morgan fingerprint density at radius 2 is 2.20 bits per heavy atom. The third-order valence-corrected chi connectivity index (χ3v) is 5.43. The average molecular weight is 296 g/mol. The lowest BCUT2D eigenvalue weighted by molar-refractivity contribution is -0.380. The molecule has 1 aromatic heterocycles. The summed E-state index contributed by atoms with van der Waals surface area (Å²) in [5, 5.41) is 14.6. The summed E-state index contributed by atoms with van der Waals surface area (Å²) in [6.07, 6.45) is 3.84. The minimum Gasteiger partial charge on any atom is -0.309 e. The summed E-state index contributed by atoms with van der Waals surface area (Å²) in [6.45, 7) is 7.66. The van der Waals surface area contributed by atoms with Crippen molar-refractivity contribution in [1.29, 1.82) is 0 Å². The molecule has 1 heterocycles. The number of nitrogens with one attached hydrogen (secondary N) is 1. The van der Waals surface area contributed by atoms with Crippen LogP contribution in [0.2, 0.25) is 0 Å². The highest BCUT2D eigenvalue weighted by molar-refractivity contribution is 7.15. The highest BCUT2D eigenvalue weighted by Crippen LogP contribution is 2.34. The van der Waals surface area contributed by atoms with E-state index < -0.39 is 0 Å². The van der Waals surface area contributed by atoms with Gasteiger partial charge in [-0.1, -0.05) is 38.5 Å². The van der Waals surface area contributed by atoms with E-state index in [0.717, 1.165) is 23.3 Å². The zero-order chi connectivity index (χ0) is 14.7. The van der Waals surface area contributed by atoms with Crippen molar-refractivity contribution in [3.8, 4) is 0 Å². The fourth-order valence-corrected chi connectivity index (χ4v) is 4.00. The van der Waals surface area contributed by atoms with E-state index in [1.54, 1.807) is 6.07 Å². The highest BCUT2D eigenvalue weighted by Gasteiger charge is 2.30. The maximum atomic E-state index is 10.7. The van der Waals surface area contributed by atoms with Gasteiger partial charge in [0.25, 0.3) is 0 Å². The van der Waals surface area contributed by atoms with Crippen molar-refractivity contribution in [2.24, 2.45) is 17.8 Å². The summed E-state index contributed by atoms with van der Waals surface area (Å²) in [7, 11) is 0. The Morgan fingerprint density at radius 3 is 2.80 bits per heavy atom. The molecule has 1 saturated carbocycles. The van der Waals surface area contributed by atoms with Crippen LogP contribution < -0.4 is 5.32 Å². The number of nitrogens with zero attached hydrogens (tertiary/aromatic N) is 1. The molecule has 0 saturated heterocycles. The minimum atomic E-state index is -0.312. The lowest BCUT2D eigenvalue weighted by atomic mass is 9.74. The Labute approximate surface area is 124 Å². The monoisotopic (exact) mass is 296 g/mol. The molecule has 1 aromatic rings. The molecule has 1 fully saturated rings. The Bertz CT molecular complexity index is 458. The van der Waals surface area contributed by atoms with E-state index in [1.807, 2.05) is 6.07 Å². The number of hydrogen-bond acceptors (Lipinski definition) is 4. The molecule has 0 amide bonds. The fraction of sp³-hybridized carbons (Fsp3) is 0.733. The van der Waals surface area contributed by atoms with E-state index in [9.17, 15) is 10.1 Å². The van der Waals surface area contributed by atoms with E-state index in [1.165, 1.54) is 30.6 Å². The van der Waals surface area contributed by atoms with Crippen LogP contribution in [0.25, 0.3) is 0 Å². The summed E-state index contributed by atoms with van der Waals surface area (Å²) < 4.78 is 0. The van der Waals surface area contributed by atoms with E-state index in [2.05, 4.69) is 26.1 Å². The fourth-order valence-electron chi connectivity index (χ4n) is 3.23. The third-order valence-electron chi connectivity index (χ3n) is 4.39. The zero-order valence-electron chi connectivity index (χ0n) is 12.5. The van der Waals surface area contributed by atoms with Gasteiger partial charge in [0.15, 0.2) is 0 Å². The van der Waals surface area contributed by atoms with E-state index in [0.29, 0.717) is 12.0 Å². The molecule has 20 heavy (non-hydrogen) atoms. The Kier molecular flexibility index (Phi) is 5.16. The van der Waals surface area contributed by atoms with Crippen LogP contribution in [-0.2, 0) is 6.54 Å². The molecular formula is C15H24N2O2S. The first-order valence-corrected chi connectivity index (χ1v) is 8.25. The van der Waals surface area contributed by atoms with Crippen molar-refractivity contribution in [2.45, 2.75) is 52.6 Å². The van der Waals surface area contributed by atoms with Gasteiger partial charge in [0.2, 0.25) is 0 Å². The van der Waals surface area contributed by atoms with Gasteiger partial charge in [0.05, 0.1) is 4.92 Å². The topological polar surface area (TPSA) is 55.2 Å². The molecule has 1 aliphatic carbocycles. The van der Waals surface area contributed by atoms with E-state index in [-0.39, 0.29) is 9.92 Å². The molecule has 1 aliphatic rings. The first kappa shape index (κ1) is 15.4. The number of hydrogen-bond donors (Lipinski definition) is 1. The number of nitro groups is 1. The van der Waals surface area contributed by atoms with Gasteiger partial charge in [-0.25, -0.2) is 0 Å². The van der Waals surface area contributed by atoms with Gasteiger partial charge in [0, 0.05) is 23.5 Å². The molecule has 0 spiro atoms. The van der Waals surface area contributed by atoms with Gasteiger partial charge in [-0.3, -0.25) is 10.1 Å². The molecule has 0 bridgehead atoms. The van der Waals surface area contributed by atoms with Crippen molar-refractivity contribution in [3.05, 3.63) is 27.1 Å². The maximum Gasteiger partial charge on any atom is 0.324 e. The van der Waals surface area contributed by atoms with Crippen LogP contribution in [0.15, 0.2) is 12.1 Å². The zero-order valence-corrected chi connectivity index (χ0v) is 13.3. The van der Waals surface area contributed by atoms with Crippen LogP contribution in [-0.4, -0.2) is 11.0 Å². The minimum absolute atomic E-state index is 0.235. The van der Waals surface area contributed by atoms with Crippen molar-refractivity contribution in [1.82, 2.24) is 5.32 Å². The standard InChI is InChI=1S/C15H24N2O2S/c1-10(2)13-6-4-11(3)8-14(13)16-9-12-5-7-15(20-12)17(18)19/h5,7,10-11,13-14,16H,4,6,8-9H2,1-3H3. The summed E-state index contributed by atoms with van der Waals surface area (Å²) in [4.78, 5) is 11.4. The van der Waals surface area contributed by atoms with Crippen LogP contribution in [0.1, 0.15) is 44.9 Å². The molecule has 1 N–H and O–H groups in total. The van der Waals surface area contributed by atoms with Gasteiger partial charge in [-0.15, -0.1) is 0 Å². The van der Waals surface area contributed by atoms with E-state index >= 15 is 0 Å². The van der Waals surface area contributed by atoms with Crippen LogP contribution in [0.5, 0.6) is 0 Å². The van der Waals surface area contributed by atoms with Gasteiger partial charge in [-0.05, 0) is 36.7 Å². The number of rotatable bonds is 5. The van der Waals surface area contributed by atoms with Crippen LogP contribution in [0.4, 0.5) is 5.00 Å². The Hall–Kier alpha value is -0.940. The lowest BCUT2D eigenvalue weighted by Gasteiger charge is -2.38. The first-order valence-electron chi connectivity index (χ1n) is 7.44. The molecule has 3 unspecified atom stereocenters. The van der Waals surface area contributed by atoms with Crippen LogP contribution >= 0.6 is 11.3 Å². The summed E-state index contributed by atoms with van der Waals surface area (Å²) in [6, 6.07) is 4.01. The van der Waals surface area contributed by atoms with Gasteiger partial charge >= 0.3 is 5.00 Å². The van der Waals surface area contributed by atoms with Gasteiger partial charge in [-0.2, -0.15) is 0 Å². The predicted octanol–water partition coefficient (Wildman–Crippen LogP) is 4.21. The second kappa shape index (κ2) is 6.68. The Morgan fingerprint density at radius 1 is 1.45 bits per heavy atom. The second-order valence-electron chi connectivity index (χ2n) is 6.31. The van der Waals surface area contributed by atoms with E-state index in [4.69, 9.17) is 0 Å². The van der Waals surface area contributed by atoms with Gasteiger partial charge in [0.1, 0.15) is 0 Å².